The molecule has 8 nitrogen and oxygen atoms in total. The molecule has 0 spiro atoms. The Morgan fingerprint density at radius 1 is 1.33 bits per heavy atom. The molecule has 4 heterocycles. The molecule has 0 aromatic carbocycles. The minimum atomic E-state index is -0.163. The van der Waals surface area contributed by atoms with Crippen LogP contribution in [0.4, 0.5) is 5.95 Å². The molecule has 0 saturated carbocycles. The number of nitrogens with zero attached hydrogens (tertiary/aromatic N) is 4. The molecule has 9 heteroatoms. The fourth-order valence-electron chi connectivity index (χ4n) is 4.00. The molecule has 2 atom stereocenters. The second-order valence-corrected chi connectivity index (χ2v) is 9.23. The summed E-state index contributed by atoms with van der Waals surface area (Å²) in [6, 6.07) is 3.52. The lowest BCUT2D eigenvalue weighted by Gasteiger charge is -2.31. The standard InChI is InChI=1S/C21H31N5O3S/c1-15-7-9-25(10-8-15)20-23-24-21(26(20)13-17-5-3-11-28-17)30-14-19(27)22-16(2)18-6-4-12-29-18/h4,6,12,15-17H,3,5,7-11,13-14H2,1-2H3,(H,22,27)/t16-,17-/m1/s1. The molecule has 2 saturated heterocycles. The number of furan rings is 1. The molecule has 0 bridgehead atoms. The minimum absolute atomic E-state index is 0.0519. The van der Waals surface area contributed by atoms with Crippen molar-refractivity contribution in [2.24, 2.45) is 5.92 Å². The molecule has 2 aliphatic rings. The van der Waals surface area contributed by atoms with E-state index in [2.05, 4.69) is 31.9 Å². The van der Waals surface area contributed by atoms with Crippen LogP contribution in [0.1, 0.15) is 51.3 Å². The third-order valence-corrected chi connectivity index (χ3v) is 6.82. The van der Waals surface area contributed by atoms with Crippen LogP contribution in [0.2, 0.25) is 0 Å². The molecule has 30 heavy (non-hydrogen) atoms. The predicted molar refractivity (Wildman–Crippen MR) is 116 cm³/mol. The van der Waals surface area contributed by atoms with Crippen LogP contribution < -0.4 is 10.2 Å². The normalized spacial score (nSPS) is 21.1. The predicted octanol–water partition coefficient (Wildman–Crippen LogP) is 3.26. The maximum atomic E-state index is 12.5. The van der Waals surface area contributed by atoms with Crippen LogP contribution >= 0.6 is 11.8 Å². The summed E-state index contributed by atoms with van der Waals surface area (Å²) in [6.45, 7) is 7.77. The second kappa shape index (κ2) is 9.87. The van der Waals surface area contributed by atoms with E-state index in [-0.39, 0.29) is 23.8 Å². The summed E-state index contributed by atoms with van der Waals surface area (Å²) in [6.07, 6.45) is 6.29. The maximum Gasteiger partial charge on any atom is 0.231 e. The summed E-state index contributed by atoms with van der Waals surface area (Å²) >= 11 is 1.43. The van der Waals surface area contributed by atoms with Crippen molar-refractivity contribution in [1.82, 2.24) is 20.1 Å². The van der Waals surface area contributed by atoms with E-state index >= 15 is 0 Å². The van der Waals surface area contributed by atoms with E-state index in [1.165, 1.54) is 24.6 Å². The highest BCUT2D eigenvalue weighted by Crippen LogP contribution is 2.28. The maximum absolute atomic E-state index is 12.5. The third-order valence-electron chi connectivity index (χ3n) is 5.85. The number of anilines is 1. The summed E-state index contributed by atoms with van der Waals surface area (Å²) < 4.78 is 13.4. The Morgan fingerprint density at radius 2 is 2.17 bits per heavy atom. The summed E-state index contributed by atoms with van der Waals surface area (Å²) in [7, 11) is 0. The molecule has 2 aromatic heterocycles. The zero-order chi connectivity index (χ0) is 20.9. The molecule has 1 amide bonds. The first-order chi connectivity index (χ1) is 14.6. The average Bonchev–Trinajstić information content (AvgIpc) is 3.50. The monoisotopic (exact) mass is 433 g/mol. The van der Waals surface area contributed by atoms with Crippen LogP contribution in [0, 0.1) is 5.92 Å². The van der Waals surface area contributed by atoms with Crippen LogP contribution in [0.3, 0.4) is 0 Å². The van der Waals surface area contributed by atoms with Crippen molar-refractivity contribution >= 4 is 23.6 Å². The van der Waals surface area contributed by atoms with Crippen molar-refractivity contribution in [2.75, 3.05) is 30.3 Å². The Bertz CT molecular complexity index is 811. The van der Waals surface area contributed by atoms with Gasteiger partial charge in [-0.15, -0.1) is 10.2 Å². The van der Waals surface area contributed by atoms with Crippen molar-refractivity contribution in [3.63, 3.8) is 0 Å². The molecule has 0 radical (unpaired) electrons. The number of amides is 1. The largest absolute Gasteiger partial charge is 0.467 e. The average molecular weight is 434 g/mol. The van der Waals surface area contributed by atoms with Gasteiger partial charge in [0.05, 0.1) is 30.7 Å². The van der Waals surface area contributed by atoms with Crippen LogP contribution in [0.15, 0.2) is 28.0 Å². The van der Waals surface area contributed by atoms with Crippen molar-refractivity contribution in [2.45, 2.75) is 63.4 Å². The number of hydrogen-bond acceptors (Lipinski definition) is 7. The van der Waals surface area contributed by atoms with Crippen molar-refractivity contribution < 1.29 is 13.9 Å². The Hall–Kier alpha value is -2.00. The van der Waals surface area contributed by atoms with Gasteiger partial charge in [0.25, 0.3) is 0 Å². The topological polar surface area (TPSA) is 85.4 Å². The first kappa shape index (κ1) is 21.2. The summed E-state index contributed by atoms with van der Waals surface area (Å²) in [5.41, 5.74) is 0. The second-order valence-electron chi connectivity index (χ2n) is 8.29. The van der Waals surface area contributed by atoms with E-state index in [9.17, 15) is 4.79 Å². The number of carbonyl (C=O) groups excluding carboxylic acids is 1. The lowest BCUT2D eigenvalue weighted by Crippen LogP contribution is -2.35. The van der Waals surface area contributed by atoms with Gasteiger partial charge in [-0.05, 0) is 50.7 Å². The van der Waals surface area contributed by atoms with Gasteiger partial charge >= 0.3 is 0 Å². The molecule has 164 valence electrons. The first-order valence-electron chi connectivity index (χ1n) is 10.9. The lowest BCUT2D eigenvalue weighted by molar-refractivity contribution is -0.119. The van der Waals surface area contributed by atoms with E-state index < -0.39 is 0 Å². The molecular formula is C21H31N5O3S. The molecular weight excluding hydrogens is 402 g/mol. The van der Waals surface area contributed by atoms with Crippen LogP contribution in [-0.4, -0.2) is 52.2 Å². The number of piperidine rings is 1. The molecule has 2 aliphatic heterocycles. The quantitative estimate of drug-likeness (QED) is 0.640. The molecule has 0 unspecified atom stereocenters. The molecule has 2 aromatic rings. The smallest absolute Gasteiger partial charge is 0.231 e. The van der Waals surface area contributed by atoms with Gasteiger partial charge in [0.2, 0.25) is 11.9 Å². The van der Waals surface area contributed by atoms with Gasteiger partial charge in [-0.3, -0.25) is 9.36 Å². The highest BCUT2D eigenvalue weighted by atomic mass is 32.2. The highest BCUT2D eigenvalue weighted by Gasteiger charge is 2.26. The Morgan fingerprint density at radius 3 is 2.87 bits per heavy atom. The molecule has 0 aliphatic carbocycles. The lowest BCUT2D eigenvalue weighted by atomic mass is 10.00. The van der Waals surface area contributed by atoms with E-state index in [0.29, 0.717) is 0 Å². The Kier molecular flexibility index (Phi) is 6.99. The van der Waals surface area contributed by atoms with Gasteiger partial charge < -0.3 is 19.4 Å². The van der Waals surface area contributed by atoms with E-state index in [1.807, 2.05) is 19.1 Å². The summed E-state index contributed by atoms with van der Waals surface area (Å²) in [5, 5.41) is 12.7. The number of rotatable bonds is 8. The van der Waals surface area contributed by atoms with Gasteiger partial charge in [0.1, 0.15) is 5.76 Å². The van der Waals surface area contributed by atoms with Crippen molar-refractivity contribution in [1.29, 1.82) is 0 Å². The number of carbonyl (C=O) groups is 1. The minimum Gasteiger partial charge on any atom is -0.467 e. The fraction of sp³-hybridized carbons (Fsp3) is 0.667. The van der Waals surface area contributed by atoms with E-state index in [4.69, 9.17) is 9.15 Å². The van der Waals surface area contributed by atoms with Crippen LogP contribution in [0.25, 0.3) is 0 Å². The van der Waals surface area contributed by atoms with Crippen molar-refractivity contribution in [3.05, 3.63) is 24.2 Å². The van der Waals surface area contributed by atoms with Gasteiger partial charge in [0, 0.05) is 19.7 Å². The Labute approximate surface area is 181 Å². The van der Waals surface area contributed by atoms with Gasteiger partial charge in [-0.2, -0.15) is 0 Å². The highest BCUT2D eigenvalue weighted by molar-refractivity contribution is 7.99. The number of ether oxygens (including phenoxy) is 1. The third kappa shape index (κ3) is 5.18. The van der Waals surface area contributed by atoms with Gasteiger partial charge in [-0.1, -0.05) is 18.7 Å². The van der Waals surface area contributed by atoms with Crippen LogP contribution in [-0.2, 0) is 16.1 Å². The number of hydrogen-bond donors (Lipinski definition) is 1. The summed E-state index contributed by atoms with van der Waals surface area (Å²) in [4.78, 5) is 14.8. The molecule has 2 fully saturated rings. The van der Waals surface area contributed by atoms with Gasteiger partial charge in [0.15, 0.2) is 5.16 Å². The Balaban J connectivity index is 1.41. The number of nitrogens with one attached hydrogen (secondary N) is 1. The van der Waals surface area contributed by atoms with E-state index in [1.54, 1.807) is 6.26 Å². The zero-order valence-corrected chi connectivity index (χ0v) is 18.6. The molecule has 4 rings (SSSR count). The zero-order valence-electron chi connectivity index (χ0n) is 17.7. The SMILES string of the molecule is CC1CCN(c2nnc(SCC(=O)N[C@H](C)c3ccco3)n2C[C@H]2CCCO2)CC1. The van der Waals surface area contributed by atoms with Crippen molar-refractivity contribution in [3.8, 4) is 0 Å². The van der Waals surface area contributed by atoms with Gasteiger partial charge in [-0.25, -0.2) is 0 Å². The number of thioether (sulfide) groups is 1. The first-order valence-corrected chi connectivity index (χ1v) is 11.8. The van der Waals surface area contributed by atoms with Crippen LogP contribution in [0.5, 0.6) is 0 Å². The van der Waals surface area contributed by atoms with E-state index in [0.717, 1.165) is 61.9 Å². The summed E-state index contributed by atoms with van der Waals surface area (Å²) in [5.74, 6) is 2.64. The fourth-order valence-corrected chi connectivity index (χ4v) is 4.76. The molecule has 1 N–H and O–H groups in total. The number of aromatic nitrogens is 3.